The Morgan fingerprint density at radius 3 is 2.65 bits per heavy atom. The molecule has 0 amide bonds. The van der Waals surface area contributed by atoms with Crippen LogP contribution in [0.1, 0.15) is 61.6 Å². The Bertz CT molecular complexity index is 1620. The van der Waals surface area contributed by atoms with E-state index in [1.807, 2.05) is 45.0 Å². The molecular formula is C30H33N3O7. The minimum atomic E-state index is -0.689. The van der Waals surface area contributed by atoms with Crippen molar-refractivity contribution in [3.8, 4) is 0 Å². The summed E-state index contributed by atoms with van der Waals surface area (Å²) in [4.78, 5) is 42.8. The molecule has 5 rings (SSSR count). The van der Waals surface area contributed by atoms with Crippen molar-refractivity contribution in [3.05, 3.63) is 76.1 Å². The van der Waals surface area contributed by atoms with E-state index in [2.05, 4.69) is 4.98 Å². The van der Waals surface area contributed by atoms with Crippen molar-refractivity contribution in [2.75, 3.05) is 13.7 Å². The summed E-state index contributed by atoms with van der Waals surface area (Å²) in [5.41, 5.74) is 1.36. The summed E-state index contributed by atoms with van der Waals surface area (Å²) >= 11 is 0. The topological polar surface area (TPSA) is 111 Å². The summed E-state index contributed by atoms with van der Waals surface area (Å²) in [6.07, 6.45) is 6.53. The van der Waals surface area contributed by atoms with Crippen LogP contribution in [0.2, 0.25) is 0 Å². The molecule has 10 heteroatoms. The predicted molar refractivity (Wildman–Crippen MR) is 148 cm³/mol. The molecule has 4 aromatic rings. The number of benzene rings is 1. The van der Waals surface area contributed by atoms with E-state index >= 15 is 0 Å². The molecular weight excluding hydrogens is 514 g/mol. The van der Waals surface area contributed by atoms with Crippen LogP contribution in [0, 0.1) is 0 Å². The number of carbonyl (C=O) groups excluding carboxylic acids is 2. The maximum absolute atomic E-state index is 13.3. The number of hydrogen-bond acceptors (Lipinski definition) is 8. The molecule has 1 unspecified atom stereocenters. The highest BCUT2D eigenvalue weighted by Crippen LogP contribution is 2.26. The van der Waals surface area contributed by atoms with Gasteiger partial charge in [0.05, 0.1) is 42.4 Å². The first kappa shape index (κ1) is 27.5. The first-order chi connectivity index (χ1) is 19.1. The van der Waals surface area contributed by atoms with Gasteiger partial charge in [-0.05, 0) is 63.8 Å². The van der Waals surface area contributed by atoms with Crippen molar-refractivity contribution < 1.29 is 28.5 Å². The standard InChI is InChI=1S/C30H33N3O7/c1-30(2,3)40-29(36)33-21(18-39-26-7-5-6-12-38-26)14-20-9-8-19(13-25(20)33)17-32-11-10-22-23(27(32)34)15-31-16-24(22)28(35)37-4/h8-11,13-16,26H,5-7,12,17-18H2,1-4H3. The van der Waals surface area contributed by atoms with Crippen LogP contribution in [0.3, 0.4) is 0 Å². The van der Waals surface area contributed by atoms with Crippen molar-refractivity contribution >= 4 is 33.7 Å². The molecule has 1 aromatic carbocycles. The Morgan fingerprint density at radius 2 is 1.93 bits per heavy atom. The van der Waals surface area contributed by atoms with Crippen LogP contribution in [0.5, 0.6) is 0 Å². The van der Waals surface area contributed by atoms with E-state index in [-0.39, 0.29) is 30.6 Å². The fraction of sp³-hybridized carbons (Fsp3) is 0.400. The molecule has 10 nitrogen and oxygen atoms in total. The van der Waals surface area contributed by atoms with Gasteiger partial charge >= 0.3 is 12.1 Å². The largest absolute Gasteiger partial charge is 0.465 e. The zero-order valence-electron chi connectivity index (χ0n) is 23.1. The molecule has 0 bridgehead atoms. The third-order valence-corrected chi connectivity index (χ3v) is 6.73. The fourth-order valence-corrected chi connectivity index (χ4v) is 4.85. The summed E-state index contributed by atoms with van der Waals surface area (Å²) in [5.74, 6) is -0.557. The fourth-order valence-electron chi connectivity index (χ4n) is 4.85. The van der Waals surface area contributed by atoms with Gasteiger partial charge in [-0.3, -0.25) is 9.78 Å². The van der Waals surface area contributed by atoms with E-state index < -0.39 is 17.7 Å². The number of rotatable bonds is 6. The van der Waals surface area contributed by atoms with Gasteiger partial charge in [-0.25, -0.2) is 14.2 Å². The number of hydrogen-bond donors (Lipinski definition) is 0. The van der Waals surface area contributed by atoms with Crippen molar-refractivity contribution in [1.29, 1.82) is 0 Å². The van der Waals surface area contributed by atoms with Gasteiger partial charge in [-0.1, -0.05) is 12.1 Å². The van der Waals surface area contributed by atoms with Crippen LogP contribution < -0.4 is 5.56 Å². The number of ether oxygens (including phenoxy) is 4. The smallest absolute Gasteiger partial charge is 0.419 e. The molecule has 0 saturated carbocycles. The van der Waals surface area contributed by atoms with E-state index in [1.54, 1.807) is 12.3 Å². The van der Waals surface area contributed by atoms with Gasteiger partial charge in [0.2, 0.25) is 0 Å². The molecule has 210 valence electrons. The molecule has 1 aliphatic heterocycles. The lowest BCUT2D eigenvalue weighted by molar-refractivity contribution is -0.169. The third kappa shape index (κ3) is 5.78. The number of fused-ring (bicyclic) bond motifs is 2. The van der Waals surface area contributed by atoms with Crippen LogP contribution in [-0.2, 0) is 32.1 Å². The maximum atomic E-state index is 13.3. The molecule has 0 N–H and O–H groups in total. The number of carbonyl (C=O) groups is 2. The van der Waals surface area contributed by atoms with Gasteiger partial charge in [0, 0.05) is 36.0 Å². The highest BCUT2D eigenvalue weighted by molar-refractivity contribution is 6.03. The van der Waals surface area contributed by atoms with Crippen LogP contribution in [0.25, 0.3) is 21.7 Å². The summed E-state index contributed by atoms with van der Waals surface area (Å²) < 4.78 is 25.3. The minimum Gasteiger partial charge on any atom is -0.465 e. The highest BCUT2D eigenvalue weighted by atomic mass is 16.7. The molecule has 40 heavy (non-hydrogen) atoms. The number of pyridine rings is 2. The van der Waals surface area contributed by atoms with Gasteiger partial charge in [-0.2, -0.15) is 0 Å². The Balaban J connectivity index is 1.50. The number of nitrogens with zero attached hydrogens (tertiary/aromatic N) is 3. The van der Waals surface area contributed by atoms with Crippen molar-refractivity contribution in [1.82, 2.24) is 14.1 Å². The lowest BCUT2D eigenvalue weighted by atomic mass is 10.1. The quantitative estimate of drug-likeness (QED) is 0.310. The number of methoxy groups -OCH3 is 1. The van der Waals surface area contributed by atoms with E-state index in [4.69, 9.17) is 18.9 Å². The molecule has 1 fully saturated rings. The average molecular weight is 548 g/mol. The molecule has 0 spiro atoms. The predicted octanol–water partition coefficient (Wildman–Crippen LogP) is 5.01. The van der Waals surface area contributed by atoms with Gasteiger partial charge in [0.1, 0.15) is 5.60 Å². The molecule has 1 atom stereocenters. The van der Waals surface area contributed by atoms with E-state index in [0.29, 0.717) is 28.6 Å². The van der Waals surface area contributed by atoms with Crippen LogP contribution >= 0.6 is 0 Å². The van der Waals surface area contributed by atoms with E-state index in [9.17, 15) is 14.4 Å². The number of esters is 1. The van der Waals surface area contributed by atoms with Gasteiger partial charge < -0.3 is 23.5 Å². The zero-order valence-corrected chi connectivity index (χ0v) is 23.1. The van der Waals surface area contributed by atoms with Crippen molar-refractivity contribution in [2.24, 2.45) is 0 Å². The first-order valence-corrected chi connectivity index (χ1v) is 13.3. The molecule has 4 heterocycles. The van der Waals surface area contributed by atoms with Gasteiger partial charge in [0.15, 0.2) is 6.29 Å². The molecule has 1 aliphatic rings. The second-order valence-electron chi connectivity index (χ2n) is 10.8. The maximum Gasteiger partial charge on any atom is 0.419 e. The normalized spacial score (nSPS) is 15.8. The highest BCUT2D eigenvalue weighted by Gasteiger charge is 2.24. The Morgan fingerprint density at radius 1 is 1.10 bits per heavy atom. The molecule has 3 aromatic heterocycles. The van der Waals surface area contributed by atoms with Crippen molar-refractivity contribution in [3.63, 3.8) is 0 Å². The molecule has 0 aliphatic carbocycles. The molecule has 0 radical (unpaired) electrons. The van der Waals surface area contributed by atoms with E-state index in [1.165, 1.54) is 28.6 Å². The minimum absolute atomic E-state index is 0.188. The SMILES string of the molecule is COC(=O)c1cncc2c(=O)n(Cc3ccc4cc(COC5CCCCO5)n(C(=O)OC(C)(C)C)c4c3)ccc12. The number of aromatic nitrogens is 3. The van der Waals surface area contributed by atoms with Crippen LogP contribution in [-0.4, -0.2) is 51.8 Å². The van der Waals surface area contributed by atoms with Crippen LogP contribution in [0.15, 0.2) is 53.7 Å². The Kier molecular flexibility index (Phi) is 7.73. The summed E-state index contributed by atoms with van der Waals surface area (Å²) in [5, 5.41) is 1.63. The molecule has 1 saturated heterocycles. The van der Waals surface area contributed by atoms with Crippen molar-refractivity contribution in [2.45, 2.75) is 65.1 Å². The second kappa shape index (κ2) is 11.2. The van der Waals surface area contributed by atoms with Gasteiger partial charge in [0.25, 0.3) is 5.56 Å². The Labute approximate surface area is 231 Å². The van der Waals surface area contributed by atoms with E-state index in [0.717, 1.165) is 30.2 Å². The van der Waals surface area contributed by atoms with Gasteiger partial charge in [-0.15, -0.1) is 0 Å². The second-order valence-corrected chi connectivity index (χ2v) is 10.8. The van der Waals surface area contributed by atoms with Crippen LogP contribution in [0.4, 0.5) is 4.79 Å². The summed E-state index contributed by atoms with van der Waals surface area (Å²) in [6, 6.07) is 9.31. The lowest BCUT2D eigenvalue weighted by Crippen LogP contribution is -2.29. The summed E-state index contributed by atoms with van der Waals surface area (Å²) in [7, 11) is 1.28. The Hall–Kier alpha value is -4.02. The zero-order chi connectivity index (χ0) is 28.4. The average Bonchev–Trinajstić information content (AvgIpc) is 3.30. The monoisotopic (exact) mass is 547 g/mol. The third-order valence-electron chi connectivity index (χ3n) is 6.73. The summed E-state index contributed by atoms with van der Waals surface area (Å²) in [6.45, 7) is 6.56. The lowest BCUT2D eigenvalue weighted by Gasteiger charge is -2.24. The first-order valence-electron chi connectivity index (χ1n) is 13.3.